The molecular weight excluding hydrogens is 476 g/mol. The number of nitrogens with zero attached hydrogens (tertiary/aromatic N) is 1. The van der Waals surface area contributed by atoms with Gasteiger partial charge in [0.1, 0.15) is 12.0 Å². The van der Waals surface area contributed by atoms with Crippen LogP contribution in [0.15, 0.2) is 41.8 Å². The zero-order chi connectivity index (χ0) is 23.0. The van der Waals surface area contributed by atoms with Gasteiger partial charge < -0.3 is 9.84 Å². The molecule has 33 heavy (non-hydrogen) atoms. The minimum absolute atomic E-state index is 0.189. The third-order valence-corrected chi connectivity index (χ3v) is 8.72. The zero-order valence-corrected chi connectivity index (χ0v) is 20.0. The molecule has 9 heteroatoms. The number of hydrogen-bond donors (Lipinski definition) is 2. The van der Waals surface area contributed by atoms with Crippen molar-refractivity contribution in [2.75, 3.05) is 5.32 Å². The van der Waals surface area contributed by atoms with Gasteiger partial charge in [-0.05, 0) is 66.4 Å². The Labute approximate surface area is 202 Å². The summed E-state index contributed by atoms with van der Waals surface area (Å²) in [6.45, 7) is 2.16. The van der Waals surface area contributed by atoms with Crippen LogP contribution in [-0.4, -0.2) is 21.5 Å². The van der Waals surface area contributed by atoms with Gasteiger partial charge in [0.25, 0.3) is 0 Å². The molecule has 0 aliphatic heterocycles. The number of ether oxygens (including phenoxy) is 1. The van der Waals surface area contributed by atoms with Gasteiger partial charge in [0.15, 0.2) is 5.69 Å². The van der Waals surface area contributed by atoms with Gasteiger partial charge in [-0.15, -0.1) is 22.7 Å². The monoisotopic (exact) mass is 494 g/mol. The molecule has 0 saturated heterocycles. The molecule has 1 saturated carbocycles. The summed E-state index contributed by atoms with van der Waals surface area (Å²) in [7, 11) is 0. The fraction of sp³-hybridized carbons (Fsp3) is 0.208. The van der Waals surface area contributed by atoms with E-state index in [0.29, 0.717) is 24.2 Å². The molecule has 0 bridgehead atoms. The lowest BCUT2D eigenvalue weighted by Gasteiger charge is -2.08. The van der Waals surface area contributed by atoms with E-state index in [1.165, 1.54) is 34.2 Å². The number of carboxylic acid groups (broad SMARTS) is 1. The van der Waals surface area contributed by atoms with Gasteiger partial charge in [-0.25, -0.2) is 4.79 Å². The highest BCUT2D eigenvalue weighted by Crippen LogP contribution is 2.52. The van der Waals surface area contributed by atoms with Gasteiger partial charge in [0.2, 0.25) is 0 Å². The molecule has 166 valence electrons. The first kappa shape index (κ1) is 21.6. The van der Waals surface area contributed by atoms with Gasteiger partial charge in [-0.1, -0.05) is 24.3 Å². The van der Waals surface area contributed by atoms with E-state index in [0.717, 1.165) is 30.3 Å². The van der Waals surface area contributed by atoms with E-state index in [1.54, 1.807) is 5.38 Å². The molecule has 1 aliphatic rings. The van der Waals surface area contributed by atoms with Crippen LogP contribution in [0.1, 0.15) is 39.4 Å². The Hall–Kier alpha value is -3.19. The van der Waals surface area contributed by atoms with E-state index in [2.05, 4.69) is 21.5 Å². The van der Waals surface area contributed by atoms with E-state index >= 15 is 0 Å². The molecule has 6 nitrogen and oxygen atoms in total. The highest BCUT2D eigenvalue weighted by molar-refractivity contribution is 7.38. The van der Waals surface area contributed by atoms with Crippen LogP contribution < -0.4 is 5.32 Å². The predicted molar refractivity (Wildman–Crippen MR) is 131 cm³/mol. The number of benzene rings is 1. The maximum absolute atomic E-state index is 12.2. The summed E-state index contributed by atoms with van der Waals surface area (Å²) in [6.07, 6.45) is 0.851. The fourth-order valence-electron chi connectivity index (χ4n) is 3.43. The van der Waals surface area contributed by atoms with E-state index in [1.807, 2.05) is 43.3 Å². The van der Waals surface area contributed by atoms with Gasteiger partial charge in [0, 0.05) is 15.6 Å². The quantitative estimate of drug-likeness (QED) is 0.333. The third-order valence-electron chi connectivity index (χ3n) is 5.58. The third kappa shape index (κ3) is 4.37. The van der Waals surface area contributed by atoms with E-state index in [9.17, 15) is 14.7 Å². The van der Waals surface area contributed by atoms with E-state index < -0.39 is 17.5 Å². The lowest BCUT2D eigenvalue weighted by atomic mass is 10.1. The Bertz CT molecular complexity index is 1400. The Morgan fingerprint density at radius 2 is 2.03 bits per heavy atom. The van der Waals surface area contributed by atoms with Crippen LogP contribution >= 0.6 is 34.2 Å². The number of anilines is 1. The average molecular weight is 495 g/mol. The molecule has 0 radical (unpaired) electrons. The normalized spacial score (nSPS) is 13.8. The molecule has 0 atom stereocenters. The SMILES string of the molecule is Cc1ccccc1COC(=O)Nc1csnc1C#Cc1cc2cc(C3(C(=O)O)CC3)sc2s1. The number of hydrogen-bond acceptors (Lipinski definition) is 7. The Morgan fingerprint density at radius 3 is 2.76 bits per heavy atom. The fourth-order valence-corrected chi connectivity index (χ4v) is 6.54. The van der Waals surface area contributed by atoms with Gasteiger partial charge in [-0.2, -0.15) is 4.37 Å². The predicted octanol–water partition coefficient (Wildman–Crippen LogP) is 5.99. The maximum Gasteiger partial charge on any atom is 0.412 e. The van der Waals surface area contributed by atoms with Crippen LogP contribution in [0.3, 0.4) is 0 Å². The van der Waals surface area contributed by atoms with Crippen molar-refractivity contribution in [3.05, 3.63) is 68.4 Å². The highest BCUT2D eigenvalue weighted by atomic mass is 32.2. The van der Waals surface area contributed by atoms with Crippen LogP contribution in [0.4, 0.5) is 10.5 Å². The first-order valence-electron chi connectivity index (χ1n) is 10.2. The Balaban J connectivity index is 1.26. The molecule has 1 aromatic carbocycles. The first-order valence-corrected chi connectivity index (χ1v) is 12.6. The lowest BCUT2D eigenvalue weighted by molar-refractivity contribution is -0.139. The van der Waals surface area contributed by atoms with Crippen molar-refractivity contribution < 1.29 is 19.4 Å². The number of amides is 1. The number of fused-ring (bicyclic) bond motifs is 1. The average Bonchev–Trinajstić information content (AvgIpc) is 3.11. The largest absolute Gasteiger partial charge is 0.481 e. The number of nitrogens with one attached hydrogen (secondary N) is 1. The van der Waals surface area contributed by atoms with Crippen LogP contribution in [0.5, 0.6) is 0 Å². The van der Waals surface area contributed by atoms with Crippen molar-refractivity contribution in [2.24, 2.45) is 0 Å². The summed E-state index contributed by atoms with van der Waals surface area (Å²) in [5.74, 6) is 5.39. The molecular formula is C24H18N2O4S3. The van der Waals surface area contributed by atoms with Gasteiger partial charge in [0.05, 0.1) is 14.6 Å². The number of aryl methyl sites for hydroxylation is 1. The van der Waals surface area contributed by atoms with Crippen molar-refractivity contribution in [1.29, 1.82) is 0 Å². The first-order chi connectivity index (χ1) is 15.9. The van der Waals surface area contributed by atoms with Crippen LogP contribution in [-0.2, 0) is 21.6 Å². The van der Waals surface area contributed by atoms with Crippen LogP contribution in [0.2, 0.25) is 0 Å². The molecule has 4 aromatic rings. The van der Waals surface area contributed by atoms with E-state index in [4.69, 9.17) is 4.74 Å². The Kier molecular flexibility index (Phi) is 5.66. The van der Waals surface area contributed by atoms with E-state index in [-0.39, 0.29) is 6.61 Å². The number of aromatic nitrogens is 1. The number of carbonyl (C=O) groups is 2. The molecule has 1 fully saturated rings. The molecule has 0 spiro atoms. The summed E-state index contributed by atoms with van der Waals surface area (Å²) < 4.78 is 10.7. The highest BCUT2D eigenvalue weighted by Gasteiger charge is 2.53. The second-order valence-electron chi connectivity index (χ2n) is 7.81. The molecule has 3 heterocycles. The number of aliphatic carboxylic acids is 1. The molecule has 3 aromatic heterocycles. The minimum Gasteiger partial charge on any atom is -0.481 e. The molecule has 1 amide bonds. The zero-order valence-electron chi connectivity index (χ0n) is 17.5. The summed E-state index contributed by atoms with van der Waals surface area (Å²) in [6, 6.07) is 11.7. The Morgan fingerprint density at radius 1 is 1.21 bits per heavy atom. The molecule has 0 unspecified atom stereocenters. The minimum atomic E-state index is -0.739. The van der Waals surface area contributed by atoms with Crippen molar-refractivity contribution >= 4 is 61.4 Å². The second-order valence-corrected chi connectivity index (χ2v) is 10.8. The number of rotatable bonds is 5. The molecule has 2 N–H and O–H groups in total. The second kappa shape index (κ2) is 8.63. The lowest BCUT2D eigenvalue weighted by Crippen LogP contribution is -2.17. The number of thiophene rings is 2. The summed E-state index contributed by atoms with van der Waals surface area (Å²) >= 11 is 4.28. The maximum atomic E-state index is 12.2. The van der Waals surface area contributed by atoms with Gasteiger partial charge in [-0.3, -0.25) is 10.1 Å². The summed E-state index contributed by atoms with van der Waals surface area (Å²) in [4.78, 5) is 25.6. The van der Waals surface area contributed by atoms with Crippen molar-refractivity contribution in [1.82, 2.24) is 4.37 Å². The topological polar surface area (TPSA) is 88.5 Å². The smallest absolute Gasteiger partial charge is 0.412 e. The molecule has 1 aliphatic carbocycles. The summed E-state index contributed by atoms with van der Waals surface area (Å²) in [5, 5.41) is 15.0. The number of carbonyl (C=O) groups excluding carboxylic acids is 1. The summed E-state index contributed by atoms with van der Waals surface area (Å²) in [5.41, 5.74) is 2.33. The number of carboxylic acids is 1. The van der Waals surface area contributed by atoms with Crippen molar-refractivity contribution in [3.63, 3.8) is 0 Å². The van der Waals surface area contributed by atoms with Gasteiger partial charge >= 0.3 is 12.1 Å². The standard InChI is InChI=1S/C24H18N2O4S3/c1-14-4-2-3-5-15(14)12-30-23(29)25-19-13-31-26-18(19)7-6-17-10-16-11-20(33-21(16)32-17)24(8-9-24)22(27)28/h2-5,10-11,13H,8-9,12H2,1H3,(H,25,29)(H,27,28). The van der Waals surface area contributed by atoms with Crippen LogP contribution in [0.25, 0.3) is 9.40 Å². The van der Waals surface area contributed by atoms with Crippen molar-refractivity contribution in [2.45, 2.75) is 31.8 Å². The van der Waals surface area contributed by atoms with Crippen LogP contribution in [0, 0.1) is 18.8 Å². The van der Waals surface area contributed by atoms with Crippen molar-refractivity contribution in [3.8, 4) is 11.8 Å². The molecule has 5 rings (SSSR count).